The van der Waals surface area contributed by atoms with Gasteiger partial charge in [-0.3, -0.25) is 10.0 Å². The van der Waals surface area contributed by atoms with Crippen molar-refractivity contribution in [3.8, 4) is 0 Å². The Kier molecular flexibility index (Phi) is 6.68. The Balaban J connectivity index is 1.81. The van der Waals surface area contributed by atoms with E-state index in [0.29, 0.717) is 22.3 Å². The predicted octanol–water partition coefficient (Wildman–Crippen LogP) is 3.67. The number of hydrogen-bond donors (Lipinski definition) is 4. The molecule has 1 saturated heterocycles. The zero-order valence-electron chi connectivity index (χ0n) is 15.2. The first-order valence-electron chi connectivity index (χ1n) is 9.50. The fourth-order valence-corrected chi connectivity index (χ4v) is 4.49. The molecule has 1 aromatic heterocycles. The Morgan fingerprint density at radius 2 is 2.15 bits per heavy atom. The summed E-state index contributed by atoms with van der Waals surface area (Å²) in [4.78, 5) is 15.4. The third-order valence-corrected chi connectivity index (χ3v) is 5.93. The van der Waals surface area contributed by atoms with Crippen molar-refractivity contribution in [2.45, 2.75) is 50.5 Å². The summed E-state index contributed by atoms with van der Waals surface area (Å²) in [6.07, 6.45) is 10.8. The number of amides is 1. The van der Waals surface area contributed by atoms with E-state index in [4.69, 9.17) is 16.8 Å². The Hall–Kier alpha value is -1.70. The van der Waals surface area contributed by atoms with Crippen LogP contribution in [0.4, 0.5) is 10.2 Å². The highest BCUT2D eigenvalue weighted by atomic mass is 35.5. The van der Waals surface area contributed by atoms with E-state index in [9.17, 15) is 9.18 Å². The monoisotopic (exact) mass is 396 g/mol. The summed E-state index contributed by atoms with van der Waals surface area (Å²) in [5.74, 6) is -1.18. The van der Waals surface area contributed by atoms with Crippen LogP contribution in [0.2, 0.25) is 5.02 Å². The fraction of sp³-hybridized carbons (Fsp3) is 0.579. The lowest BCUT2D eigenvalue weighted by atomic mass is 9.71. The number of hydroxylamine groups is 1. The van der Waals surface area contributed by atoms with Gasteiger partial charge < -0.3 is 10.6 Å². The number of nitrogens with one attached hydrogen (secondary N) is 3. The molecule has 27 heavy (non-hydrogen) atoms. The highest BCUT2D eigenvalue weighted by Crippen LogP contribution is 2.39. The SMILES string of the molecule is O=C(NO)/C(F)=C/c1cnc(N[C@@]2(C3CCCCC3)CCCNC2)c(Cl)c1. The maximum atomic E-state index is 13.6. The first kappa shape index (κ1) is 20.0. The lowest BCUT2D eigenvalue weighted by Gasteiger charge is -2.46. The number of nitrogens with zero attached hydrogens (tertiary/aromatic N) is 1. The molecule has 1 aliphatic carbocycles. The molecule has 4 N–H and O–H groups in total. The molecule has 0 radical (unpaired) electrons. The van der Waals surface area contributed by atoms with E-state index in [1.54, 1.807) is 6.07 Å². The van der Waals surface area contributed by atoms with E-state index in [-0.39, 0.29) is 5.54 Å². The topological polar surface area (TPSA) is 86.3 Å². The molecule has 3 rings (SSSR count). The van der Waals surface area contributed by atoms with E-state index in [1.807, 2.05) is 0 Å². The largest absolute Gasteiger partial charge is 0.362 e. The molecule has 1 saturated carbocycles. The number of rotatable bonds is 5. The highest BCUT2D eigenvalue weighted by Gasteiger charge is 2.40. The summed E-state index contributed by atoms with van der Waals surface area (Å²) in [5.41, 5.74) is 1.52. The van der Waals surface area contributed by atoms with Gasteiger partial charge in [-0.1, -0.05) is 30.9 Å². The molecule has 8 heteroatoms. The summed E-state index contributed by atoms with van der Waals surface area (Å²) in [6, 6.07) is 1.56. The molecule has 0 bridgehead atoms. The van der Waals surface area contributed by atoms with E-state index < -0.39 is 11.7 Å². The summed E-state index contributed by atoms with van der Waals surface area (Å²) in [5, 5.41) is 16.0. The molecule has 1 aliphatic heterocycles. The Bertz CT molecular complexity index is 701. The molecule has 2 heterocycles. The van der Waals surface area contributed by atoms with Gasteiger partial charge in [0.05, 0.1) is 10.6 Å². The van der Waals surface area contributed by atoms with Gasteiger partial charge in [0.15, 0.2) is 5.83 Å². The van der Waals surface area contributed by atoms with E-state index in [0.717, 1.165) is 32.0 Å². The Morgan fingerprint density at radius 3 is 2.78 bits per heavy atom. The van der Waals surface area contributed by atoms with Crippen LogP contribution in [0.25, 0.3) is 6.08 Å². The van der Waals surface area contributed by atoms with Crippen molar-refractivity contribution in [1.82, 2.24) is 15.8 Å². The maximum Gasteiger partial charge on any atom is 0.303 e. The van der Waals surface area contributed by atoms with Gasteiger partial charge in [0, 0.05) is 12.7 Å². The van der Waals surface area contributed by atoms with Crippen molar-refractivity contribution in [3.63, 3.8) is 0 Å². The fourth-order valence-electron chi connectivity index (χ4n) is 4.27. The maximum absolute atomic E-state index is 13.6. The van der Waals surface area contributed by atoms with Gasteiger partial charge in [-0.15, -0.1) is 0 Å². The van der Waals surface area contributed by atoms with Crippen LogP contribution in [0.1, 0.15) is 50.5 Å². The number of carbonyl (C=O) groups is 1. The Labute approximate surface area is 163 Å². The van der Waals surface area contributed by atoms with E-state index >= 15 is 0 Å². The third-order valence-electron chi connectivity index (χ3n) is 5.65. The number of halogens is 2. The average molecular weight is 397 g/mol. The first-order chi connectivity index (χ1) is 13.0. The molecule has 2 aliphatic rings. The minimum atomic E-state index is -1.21. The quantitative estimate of drug-likeness (QED) is 0.346. The van der Waals surface area contributed by atoms with Crippen LogP contribution in [-0.4, -0.2) is 34.7 Å². The van der Waals surface area contributed by atoms with Crippen molar-refractivity contribution in [3.05, 3.63) is 28.7 Å². The lowest BCUT2D eigenvalue weighted by Crippen LogP contribution is -2.56. The molecule has 0 unspecified atom stereocenters. The predicted molar refractivity (Wildman–Crippen MR) is 103 cm³/mol. The van der Waals surface area contributed by atoms with Gasteiger partial charge >= 0.3 is 5.91 Å². The zero-order valence-corrected chi connectivity index (χ0v) is 16.0. The second-order valence-corrected chi connectivity index (χ2v) is 7.84. The van der Waals surface area contributed by atoms with Crippen LogP contribution in [0, 0.1) is 5.92 Å². The first-order valence-corrected chi connectivity index (χ1v) is 9.88. The number of anilines is 1. The highest BCUT2D eigenvalue weighted by molar-refractivity contribution is 6.33. The van der Waals surface area contributed by atoms with Crippen molar-refractivity contribution in [2.24, 2.45) is 5.92 Å². The van der Waals surface area contributed by atoms with Crippen LogP contribution < -0.4 is 16.1 Å². The molecular weight excluding hydrogens is 371 g/mol. The zero-order chi connectivity index (χ0) is 19.3. The van der Waals surface area contributed by atoms with Gasteiger partial charge in [0.2, 0.25) is 0 Å². The summed E-state index contributed by atoms with van der Waals surface area (Å²) >= 11 is 6.40. The van der Waals surface area contributed by atoms with Gasteiger partial charge in [0.25, 0.3) is 0 Å². The number of hydrogen-bond acceptors (Lipinski definition) is 5. The molecule has 6 nitrogen and oxygen atoms in total. The lowest BCUT2D eigenvalue weighted by molar-refractivity contribution is -0.126. The second-order valence-electron chi connectivity index (χ2n) is 7.43. The second kappa shape index (κ2) is 8.99. The molecule has 1 aromatic rings. The van der Waals surface area contributed by atoms with Gasteiger partial charge in [-0.2, -0.15) is 0 Å². The van der Waals surface area contributed by atoms with Crippen LogP contribution in [0.5, 0.6) is 0 Å². The van der Waals surface area contributed by atoms with E-state index in [1.165, 1.54) is 43.8 Å². The molecule has 0 aromatic carbocycles. The van der Waals surface area contributed by atoms with Crippen LogP contribution in [-0.2, 0) is 4.79 Å². The van der Waals surface area contributed by atoms with Gasteiger partial charge in [-0.25, -0.2) is 14.9 Å². The minimum absolute atomic E-state index is 0.0747. The third kappa shape index (κ3) is 4.78. The summed E-state index contributed by atoms with van der Waals surface area (Å²) in [7, 11) is 0. The smallest absolute Gasteiger partial charge is 0.303 e. The number of pyridine rings is 1. The molecule has 148 valence electrons. The van der Waals surface area contributed by atoms with Gasteiger partial charge in [-0.05, 0) is 55.9 Å². The number of carbonyl (C=O) groups excluding carboxylic acids is 1. The normalized spacial score (nSPS) is 24.5. The minimum Gasteiger partial charge on any atom is -0.362 e. The van der Waals surface area contributed by atoms with Crippen LogP contribution in [0.3, 0.4) is 0 Å². The summed E-state index contributed by atoms with van der Waals surface area (Å²) in [6.45, 7) is 1.90. The van der Waals surface area contributed by atoms with Crippen LogP contribution in [0.15, 0.2) is 18.1 Å². The number of aromatic nitrogens is 1. The number of piperidine rings is 1. The average Bonchev–Trinajstić information content (AvgIpc) is 2.71. The Morgan fingerprint density at radius 1 is 1.37 bits per heavy atom. The van der Waals surface area contributed by atoms with Crippen molar-refractivity contribution in [2.75, 3.05) is 18.4 Å². The molecule has 1 atom stereocenters. The van der Waals surface area contributed by atoms with Gasteiger partial charge in [0.1, 0.15) is 5.82 Å². The standard InChI is InChI=1S/C19H26ClFN4O2/c20-15-9-13(10-16(21)18(26)25-27)11-23-17(15)24-19(7-4-8-22-12-19)14-5-2-1-3-6-14/h9-11,14,22,27H,1-8,12H2,(H,23,24)(H,25,26)/b16-10-/t19-/m0/s1. The molecular formula is C19H26ClFN4O2. The van der Waals surface area contributed by atoms with E-state index in [2.05, 4.69) is 15.6 Å². The molecule has 1 amide bonds. The van der Waals surface area contributed by atoms with Crippen molar-refractivity contribution >= 4 is 29.4 Å². The van der Waals surface area contributed by atoms with Crippen molar-refractivity contribution in [1.29, 1.82) is 0 Å². The summed E-state index contributed by atoms with van der Waals surface area (Å²) < 4.78 is 13.6. The van der Waals surface area contributed by atoms with Crippen molar-refractivity contribution < 1.29 is 14.4 Å². The molecule has 0 spiro atoms. The van der Waals surface area contributed by atoms with Crippen LogP contribution >= 0.6 is 11.6 Å². The molecule has 2 fully saturated rings.